The summed E-state index contributed by atoms with van der Waals surface area (Å²) in [5.74, 6) is -0.558. The van der Waals surface area contributed by atoms with Crippen LogP contribution in [-0.2, 0) is 20.8 Å². The van der Waals surface area contributed by atoms with E-state index in [0.717, 1.165) is 25.0 Å². The minimum absolute atomic E-state index is 0.146. The molecule has 1 aromatic rings. The first-order valence-corrected chi connectivity index (χ1v) is 6.82. The molecule has 1 atom stereocenters. The van der Waals surface area contributed by atoms with Gasteiger partial charge in [0.15, 0.2) is 0 Å². The summed E-state index contributed by atoms with van der Waals surface area (Å²) in [6, 6.07) is 6.42. The van der Waals surface area contributed by atoms with Gasteiger partial charge in [0.1, 0.15) is 5.82 Å². The van der Waals surface area contributed by atoms with Crippen LogP contribution in [0.5, 0.6) is 0 Å². The lowest BCUT2D eigenvalue weighted by atomic mass is 10.2. The number of ether oxygens (including phenoxy) is 2. The van der Waals surface area contributed by atoms with E-state index in [2.05, 4.69) is 0 Å². The van der Waals surface area contributed by atoms with E-state index in [1.54, 1.807) is 6.07 Å². The third kappa shape index (κ3) is 4.58. The minimum Gasteiger partial charge on any atom is -0.468 e. The summed E-state index contributed by atoms with van der Waals surface area (Å²) in [5.41, 5.74) is 0.840. The highest BCUT2D eigenvalue weighted by atomic mass is 19.1. The van der Waals surface area contributed by atoms with Crippen LogP contribution in [-0.4, -0.2) is 43.8 Å². The molecule has 1 heterocycles. The first kappa shape index (κ1) is 14.9. The van der Waals surface area contributed by atoms with Crippen LogP contribution in [0.3, 0.4) is 0 Å². The molecule has 110 valence electrons. The van der Waals surface area contributed by atoms with Crippen LogP contribution in [0.15, 0.2) is 24.3 Å². The summed E-state index contributed by atoms with van der Waals surface area (Å²) >= 11 is 0. The Morgan fingerprint density at radius 1 is 1.55 bits per heavy atom. The Bertz CT molecular complexity index is 446. The molecule has 2 rings (SSSR count). The molecule has 20 heavy (non-hydrogen) atoms. The number of hydrogen-bond acceptors (Lipinski definition) is 4. The molecule has 0 spiro atoms. The van der Waals surface area contributed by atoms with E-state index in [1.165, 1.54) is 19.2 Å². The maximum Gasteiger partial charge on any atom is 0.319 e. The third-order valence-corrected chi connectivity index (χ3v) is 3.36. The number of halogens is 1. The van der Waals surface area contributed by atoms with Gasteiger partial charge >= 0.3 is 5.97 Å². The fourth-order valence-corrected chi connectivity index (χ4v) is 2.40. The quantitative estimate of drug-likeness (QED) is 0.747. The zero-order valence-corrected chi connectivity index (χ0v) is 11.7. The van der Waals surface area contributed by atoms with E-state index < -0.39 is 0 Å². The van der Waals surface area contributed by atoms with E-state index in [1.807, 2.05) is 11.0 Å². The van der Waals surface area contributed by atoms with Gasteiger partial charge < -0.3 is 9.47 Å². The van der Waals surface area contributed by atoms with Gasteiger partial charge in [-0.15, -0.1) is 0 Å². The zero-order valence-electron chi connectivity index (χ0n) is 11.7. The van der Waals surface area contributed by atoms with Crippen molar-refractivity contribution < 1.29 is 18.7 Å². The number of rotatable bonds is 6. The molecule has 0 aliphatic carbocycles. The number of methoxy groups -OCH3 is 1. The first-order valence-electron chi connectivity index (χ1n) is 6.82. The Balaban J connectivity index is 1.98. The number of carbonyl (C=O) groups is 1. The monoisotopic (exact) mass is 281 g/mol. The third-order valence-electron chi connectivity index (χ3n) is 3.36. The molecule has 1 aliphatic rings. The van der Waals surface area contributed by atoms with Gasteiger partial charge in [-0.1, -0.05) is 12.1 Å². The van der Waals surface area contributed by atoms with Crippen molar-refractivity contribution >= 4 is 5.97 Å². The molecule has 1 saturated heterocycles. The maximum absolute atomic E-state index is 13.2. The van der Waals surface area contributed by atoms with Crippen LogP contribution in [0, 0.1) is 5.82 Å². The standard InChI is InChI=1S/C15H20FNO3/c1-19-15(18)11-17(10-14-6-3-7-20-14)9-12-4-2-5-13(16)8-12/h2,4-5,8,14H,3,6-7,9-11H2,1H3/t14-/m0/s1. The van der Waals surface area contributed by atoms with Crippen molar-refractivity contribution in [3.8, 4) is 0 Å². The number of hydrogen-bond donors (Lipinski definition) is 0. The molecule has 0 amide bonds. The minimum atomic E-state index is -0.292. The molecule has 1 aliphatic heterocycles. The second kappa shape index (κ2) is 7.36. The number of nitrogens with zero attached hydrogens (tertiary/aromatic N) is 1. The van der Waals surface area contributed by atoms with Crippen molar-refractivity contribution in [1.82, 2.24) is 4.90 Å². The second-order valence-corrected chi connectivity index (χ2v) is 5.01. The largest absolute Gasteiger partial charge is 0.468 e. The molecular weight excluding hydrogens is 261 g/mol. The van der Waals surface area contributed by atoms with Gasteiger partial charge in [0.25, 0.3) is 0 Å². The van der Waals surface area contributed by atoms with Crippen LogP contribution in [0.1, 0.15) is 18.4 Å². The van der Waals surface area contributed by atoms with Gasteiger partial charge in [0, 0.05) is 19.7 Å². The molecule has 5 heteroatoms. The number of carbonyl (C=O) groups excluding carboxylic acids is 1. The van der Waals surface area contributed by atoms with Gasteiger partial charge in [-0.3, -0.25) is 9.69 Å². The first-order chi connectivity index (χ1) is 9.67. The van der Waals surface area contributed by atoms with Crippen LogP contribution in [0.2, 0.25) is 0 Å². The SMILES string of the molecule is COC(=O)CN(Cc1cccc(F)c1)C[C@@H]1CCCO1. The Hall–Kier alpha value is -1.46. The highest BCUT2D eigenvalue weighted by molar-refractivity contribution is 5.71. The van der Waals surface area contributed by atoms with Crippen LogP contribution in [0.4, 0.5) is 4.39 Å². The predicted octanol–water partition coefficient (Wildman–Crippen LogP) is 1.98. The molecule has 0 aromatic heterocycles. The van der Waals surface area contributed by atoms with Gasteiger partial charge in [0.05, 0.1) is 19.8 Å². The van der Waals surface area contributed by atoms with Crippen molar-refractivity contribution in [3.63, 3.8) is 0 Å². The number of benzene rings is 1. The predicted molar refractivity (Wildman–Crippen MR) is 72.7 cm³/mol. The molecule has 0 saturated carbocycles. The summed E-state index contributed by atoms with van der Waals surface area (Å²) in [5, 5.41) is 0. The molecule has 0 N–H and O–H groups in total. The summed E-state index contributed by atoms with van der Waals surface area (Å²) in [6.07, 6.45) is 2.20. The Morgan fingerprint density at radius 2 is 2.40 bits per heavy atom. The average molecular weight is 281 g/mol. The molecule has 0 unspecified atom stereocenters. The number of esters is 1. The van der Waals surface area contributed by atoms with Crippen molar-refractivity contribution in [1.29, 1.82) is 0 Å². The topological polar surface area (TPSA) is 38.8 Å². The van der Waals surface area contributed by atoms with Gasteiger partial charge in [-0.2, -0.15) is 0 Å². The summed E-state index contributed by atoms with van der Waals surface area (Å²) < 4.78 is 23.5. The lowest BCUT2D eigenvalue weighted by Crippen LogP contribution is -2.36. The summed E-state index contributed by atoms with van der Waals surface area (Å²) in [4.78, 5) is 13.4. The van der Waals surface area contributed by atoms with Crippen LogP contribution >= 0.6 is 0 Å². The molecular formula is C15H20FNO3. The summed E-state index contributed by atoms with van der Waals surface area (Å²) in [7, 11) is 1.37. The lowest BCUT2D eigenvalue weighted by Gasteiger charge is -2.24. The average Bonchev–Trinajstić information content (AvgIpc) is 2.91. The normalized spacial score (nSPS) is 18.4. The molecule has 0 radical (unpaired) electrons. The van der Waals surface area contributed by atoms with E-state index in [4.69, 9.17) is 9.47 Å². The van der Waals surface area contributed by atoms with E-state index in [9.17, 15) is 9.18 Å². The van der Waals surface area contributed by atoms with Crippen molar-refractivity contribution in [2.75, 3.05) is 26.8 Å². The van der Waals surface area contributed by atoms with E-state index in [0.29, 0.717) is 13.1 Å². The van der Waals surface area contributed by atoms with Gasteiger partial charge in [-0.05, 0) is 30.5 Å². The van der Waals surface area contributed by atoms with Crippen molar-refractivity contribution in [2.45, 2.75) is 25.5 Å². The fraction of sp³-hybridized carbons (Fsp3) is 0.533. The molecule has 1 aromatic carbocycles. The highest BCUT2D eigenvalue weighted by Gasteiger charge is 2.21. The Morgan fingerprint density at radius 3 is 3.05 bits per heavy atom. The van der Waals surface area contributed by atoms with Crippen LogP contribution in [0.25, 0.3) is 0 Å². The Labute approximate surface area is 118 Å². The fourth-order valence-electron chi connectivity index (χ4n) is 2.40. The summed E-state index contributed by atoms with van der Waals surface area (Å²) in [6.45, 7) is 2.13. The van der Waals surface area contributed by atoms with Gasteiger partial charge in [0.2, 0.25) is 0 Å². The zero-order chi connectivity index (χ0) is 14.4. The Kier molecular flexibility index (Phi) is 5.49. The van der Waals surface area contributed by atoms with Crippen molar-refractivity contribution in [3.05, 3.63) is 35.6 Å². The smallest absolute Gasteiger partial charge is 0.319 e. The van der Waals surface area contributed by atoms with Crippen molar-refractivity contribution in [2.24, 2.45) is 0 Å². The molecule has 4 nitrogen and oxygen atoms in total. The van der Waals surface area contributed by atoms with E-state index >= 15 is 0 Å². The highest BCUT2D eigenvalue weighted by Crippen LogP contribution is 2.15. The van der Waals surface area contributed by atoms with Crippen LogP contribution < -0.4 is 0 Å². The second-order valence-electron chi connectivity index (χ2n) is 5.01. The molecule has 1 fully saturated rings. The van der Waals surface area contributed by atoms with E-state index in [-0.39, 0.29) is 24.4 Å². The van der Waals surface area contributed by atoms with Gasteiger partial charge in [-0.25, -0.2) is 4.39 Å². The molecule has 0 bridgehead atoms. The lowest BCUT2D eigenvalue weighted by molar-refractivity contribution is -0.142. The maximum atomic E-state index is 13.2.